The molecule has 0 N–H and O–H groups in total. The van der Waals surface area contributed by atoms with Crippen LogP contribution in [-0.2, 0) is 16.1 Å². The maximum absolute atomic E-state index is 12.8. The minimum Gasteiger partial charge on any atom is -0.461 e. The number of hydrogen-bond acceptors (Lipinski definition) is 4. The molecule has 3 aromatic carbocycles. The van der Waals surface area contributed by atoms with E-state index in [1.54, 1.807) is 0 Å². The molecular formula is C27H24Cl2O3S. The summed E-state index contributed by atoms with van der Waals surface area (Å²) in [5.41, 5.74) is 0.675. The average Bonchev–Trinajstić information content (AvgIpc) is 3.34. The number of ether oxygens (including phenoxy) is 2. The molecule has 4 rings (SSSR count). The molecule has 2 atom stereocenters. The molecule has 1 saturated carbocycles. The van der Waals surface area contributed by atoms with Crippen LogP contribution in [0.25, 0.3) is 0 Å². The Morgan fingerprint density at radius 2 is 1.70 bits per heavy atom. The second kappa shape index (κ2) is 10.3. The van der Waals surface area contributed by atoms with Crippen molar-refractivity contribution in [3.63, 3.8) is 0 Å². The number of carbonyl (C=O) groups is 1. The quantitative estimate of drug-likeness (QED) is 0.231. The summed E-state index contributed by atoms with van der Waals surface area (Å²) in [7, 11) is 0. The van der Waals surface area contributed by atoms with Crippen LogP contribution in [0.3, 0.4) is 0 Å². The summed E-state index contributed by atoms with van der Waals surface area (Å²) in [4.78, 5) is 13.8. The SMILES string of the molecule is CC1(C)[C@H](C(=O)OCc2cccc(Oc3ccccc3)c2)[C@@H]1C=C(Cl)Sc1ccc(Cl)cc1. The molecule has 0 bridgehead atoms. The third kappa shape index (κ3) is 6.14. The fourth-order valence-electron chi connectivity index (χ4n) is 3.80. The second-order valence-corrected chi connectivity index (χ2v) is 10.7. The Morgan fingerprint density at radius 1 is 1.00 bits per heavy atom. The first-order chi connectivity index (χ1) is 15.8. The van der Waals surface area contributed by atoms with Crippen molar-refractivity contribution in [2.24, 2.45) is 17.3 Å². The number of esters is 1. The molecule has 0 aromatic heterocycles. The van der Waals surface area contributed by atoms with Gasteiger partial charge in [0.2, 0.25) is 0 Å². The molecule has 3 nitrogen and oxygen atoms in total. The molecule has 0 heterocycles. The first kappa shape index (κ1) is 23.7. The van der Waals surface area contributed by atoms with E-state index in [1.807, 2.05) is 84.9 Å². The first-order valence-electron chi connectivity index (χ1n) is 10.6. The van der Waals surface area contributed by atoms with Crippen LogP contribution in [0.2, 0.25) is 5.02 Å². The fraction of sp³-hybridized carbons (Fsp3) is 0.222. The number of benzene rings is 3. The lowest BCUT2D eigenvalue weighted by atomic mass is 10.1. The molecule has 33 heavy (non-hydrogen) atoms. The predicted molar refractivity (Wildman–Crippen MR) is 135 cm³/mol. The van der Waals surface area contributed by atoms with E-state index >= 15 is 0 Å². The van der Waals surface area contributed by atoms with Gasteiger partial charge in [0.1, 0.15) is 18.1 Å². The summed E-state index contributed by atoms with van der Waals surface area (Å²) in [6.45, 7) is 4.32. The van der Waals surface area contributed by atoms with Crippen LogP contribution < -0.4 is 4.74 Å². The molecule has 0 unspecified atom stereocenters. The largest absolute Gasteiger partial charge is 0.461 e. The van der Waals surface area contributed by atoms with Crippen molar-refractivity contribution in [2.75, 3.05) is 0 Å². The van der Waals surface area contributed by atoms with Gasteiger partial charge >= 0.3 is 5.97 Å². The summed E-state index contributed by atoms with van der Waals surface area (Å²) < 4.78 is 12.1. The van der Waals surface area contributed by atoms with Gasteiger partial charge in [0.05, 0.1) is 10.3 Å². The number of thioether (sulfide) groups is 1. The van der Waals surface area contributed by atoms with Crippen molar-refractivity contribution < 1.29 is 14.3 Å². The van der Waals surface area contributed by atoms with Crippen molar-refractivity contribution in [3.05, 3.63) is 99.9 Å². The summed E-state index contributed by atoms with van der Waals surface area (Å²) in [6.07, 6.45) is 1.96. The normalized spacial score (nSPS) is 19.1. The molecule has 3 aromatic rings. The number of carbonyl (C=O) groups excluding carboxylic acids is 1. The lowest BCUT2D eigenvalue weighted by Crippen LogP contribution is -2.10. The van der Waals surface area contributed by atoms with E-state index in [4.69, 9.17) is 32.7 Å². The Kier molecular flexibility index (Phi) is 7.38. The maximum Gasteiger partial charge on any atom is 0.310 e. The van der Waals surface area contributed by atoms with E-state index in [2.05, 4.69) is 13.8 Å². The molecule has 170 valence electrons. The van der Waals surface area contributed by atoms with Gasteiger partial charge in [-0.3, -0.25) is 4.79 Å². The molecule has 1 fully saturated rings. The number of rotatable bonds is 8. The zero-order valence-electron chi connectivity index (χ0n) is 18.3. The van der Waals surface area contributed by atoms with Crippen molar-refractivity contribution in [1.29, 1.82) is 0 Å². The van der Waals surface area contributed by atoms with Gasteiger partial charge in [0, 0.05) is 9.92 Å². The molecule has 1 aliphatic carbocycles. The van der Waals surface area contributed by atoms with Gasteiger partial charge < -0.3 is 9.47 Å². The molecule has 0 radical (unpaired) electrons. The topological polar surface area (TPSA) is 35.5 Å². The third-order valence-electron chi connectivity index (χ3n) is 5.76. The van der Waals surface area contributed by atoms with Gasteiger partial charge in [-0.05, 0) is 65.4 Å². The second-order valence-electron chi connectivity index (χ2n) is 8.52. The Labute approximate surface area is 208 Å². The summed E-state index contributed by atoms with van der Waals surface area (Å²) in [6, 6.07) is 24.6. The van der Waals surface area contributed by atoms with Crippen molar-refractivity contribution in [2.45, 2.75) is 25.3 Å². The zero-order chi connectivity index (χ0) is 23.4. The number of para-hydroxylation sites is 1. The van der Waals surface area contributed by atoms with Crippen molar-refractivity contribution in [1.82, 2.24) is 0 Å². The van der Waals surface area contributed by atoms with Crippen LogP contribution in [0.15, 0.2) is 94.2 Å². The van der Waals surface area contributed by atoms with E-state index in [-0.39, 0.29) is 29.8 Å². The zero-order valence-corrected chi connectivity index (χ0v) is 20.7. The Hall–Kier alpha value is -2.40. The van der Waals surface area contributed by atoms with E-state index in [1.165, 1.54) is 11.8 Å². The van der Waals surface area contributed by atoms with Gasteiger partial charge in [-0.2, -0.15) is 0 Å². The molecule has 0 saturated heterocycles. The average molecular weight is 499 g/mol. The lowest BCUT2D eigenvalue weighted by Gasteiger charge is -2.09. The summed E-state index contributed by atoms with van der Waals surface area (Å²) >= 11 is 13.9. The van der Waals surface area contributed by atoms with Gasteiger partial charge in [-0.15, -0.1) is 0 Å². The molecule has 0 amide bonds. The number of halogens is 2. The minimum absolute atomic E-state index is 0.0325. The van der Waals surface area contributed by atoms with Gasteiger partial charge in [-0.25, -0.2) is 0 Å². The van der Waals surface area contributed by atoms with Gasteiger partial charge in [0.25, 0.3) is 0 Å². The molecular weight excluding hydrogens is 475 g/mol. The van der Waals surface area contributed by atoms with E-state index in [0.29, 0.717) is 15.1 Å². The fourth-order valence-corrected chi connectivity index (χ4v) is 5.04. The molecule has 0 aliphatic heterocycles. The smallest absolute Gasteiger partial charge is 0.310 e. The van der Waals surface area contributed by atoms with Gasteiger partial charge in [0.15, 0.2) is 0 Å². The van der Waals surface area contributed by atoms with Crippen LogP contribution in [0.4, 0.5) is 0 Å². The summed E-state index contributed by atoms with van der Waals surface area (Å²) in [5.74, 6) is 1.06. The first-order valence-corrected chi connectivity index (χ1v) is 12.2. The van der Waals surface area contributed by atoms with Crippen molar-refractivity contribution in [3.8, 4) is 11.5 Å². The highest BCUT2D eigenvalue weighted by molar-refractivity contribution is 8.04. The van der Waals surface area contributed by atoms with Crippen LogP contribution >= 0.6 is 35.0 Å². The van der Waals surface area contributed by atoms with E-state index in [0.717, 1.165) is 16.2 Å². The highest BCUT2D eigenvalue weighted by Crippen LogP contribution is 2.60. The Morgan fingerprint density at radius 3 is 2.42 bits per heavy atom. The van der Waals surface area contributed by atoms with Crippen LogP contribution in [0, 0.1) is 17.3 Å². The standard InChI is InChI=1S/C27H24Cl2O3S/c1-27(2)23(16-24(29)33-22-13-11-19(28)12-14-22)25(27)26(30)31-17-18-7-6-10-21(15-18)32-20-8-4-3-5-9-20/h3-16,23,25H,17H2,1-2H3/t23-,25-/m0/s1. The Bertz CT molecular complexity index is 1140. The predicted octanol–water partition coefficient (Wildman–Crippen LogP) is 8.32. The third-order valence-corrected chi connectivity index (χ3v) is 7.21. The number of allylic oxidation sites excluding steroid dienone is 1. The van der Waals surface area contributed by atoms with Crippen LogP contribution in [-0.4, -0.2) is 5.97 Å². The van der Waals surface area contributed by atoms with Gasteiger partial charge in [-0.1, -0.05) is 85.2 Å². The highest BCUT2D eigenvalue weighted by atomic mass is 35.5. The maximum atomic E-state index is 12.8. The van der Waals surface area contributed by atoms with Crippen LogP contribution in [0.5, 0.6) is 11.5 Å². The summed E-state index contributed by atoms with van der Waals surface area (Å²) in [5, 5.41) is 0.683. The molecule has 1 aliphatic rings. The monoisotopic (exact) mass is 498 g/mol. The van der Waals surface area contributed by atoms with E-state index in [9.17, 15) is 4.79 Å². The number of hydrogen-bond donors (Lipinski definition) is 0. The lowest BCUT2D eigenvalue weighted by molar-refractivity contribution is -0.147. The molecule has 0 spiro atoms. The van der Waals surface area contributed by atoms with E-state index < -0.39 is 0 Å². The highest BCUT2D eigenvalue weighted by Gasteiger charge is 2.61. The van der Waals surface area contributed by atoms with Crippen molar-refractivity contribution >= 4 is 40.9 Å². The Balaban J connectivity index is 1.34. The molecule has 6 heteroatoms. The minimum atomic E-state index is -0.221. The van der Waals surface area contributed by atoms with Crippen LogP contribution in [0.1, 0.15) is 19.4 Å².